The number of aromatic nitrogens is 1. The zero-order valence-electron chi connectivity index (χ0n) is 13.1. The van der Waals surface area contributed by atoms with Crippen LogP contribution in [0.4, 0.5) is 5.13 Å². The van der Waals surface area contributed by atoms with Gasteiger partial charge < -0.3 is 5.43 Å². The van der Waals surface area contributed by atoms with Crippen LogP contribution in [0, 0.1) is 16.7 Å². The Morgan fingerprint density at radius 3 is 2.73 bits per heavy atom. The molecule has 3 nitrogen and oxygen atoms in total. The van der Waals surface area contributed by atoms with Gasteiger partial charge in [0.15, 0.2) is 0 Å². The van der Waals surface area contributed by atoms with Gasteiger partial charge in [-0.25, -0.2) is 4.98 Å². The predicted molar refractivity (Wildman–Crippen MR) is 94.9 cm³/mol. The molecule has 116 valence electrons. The minimum Gasteiger partial charge on any atom is -0.303 e. The number of hydrogen-bond donors (Lipinski definition) is 2. The van der Waals surface area contributed by atoms with Gasteiger partial charge in [0.1, 0.15) is 0 Å². The predicted octanol–water partition coefficient (Wildman–Crippen LogP) is 5.13. The molecule has 2 atom stereocenters. The number of anilines is 1. The zero-order valence-corrected chi connectivity index (χ0v) is 14.8. The molecule has 2 aromatic heterocycles. The topological polar surface area (TPSA) is 37.0 Å². The van der Waals surface area contributed by atoms with Crippen molar-refractivity contribution in [1.29, 1.82) is 0 Å². The van der Waals surface area contributed by atoms with E-state index in [1.54, 1.807) is 22.7 Å². The molecule has 2 heterocycles. The number of allylic oxidation sites excluding steroid dienone is 2. The molecule has 22 heavy (non-hydrogen) atoms. The van der Waals surface area contributed by atoms with Crippen molar-refractivity contribution in [2.75, 3.05) is 5.43 Å². The molecule has 0 radical (unpaired) electrons. The first-order chi connectivity index (χ1) is 10.5. The number of fused-ring (bicyclic) bond motifs is 2. The Morgan fingerprint density at radius 2 is 2.09 bits per heavy atom. The molecule has 0 aliphatic heterocycles. The van der Waals surface area contributed by atoms with Crippen LogP contribution in [0.1, 0.15) is 33.6 Å². The van der Waals surface area contributed by atoms with Crippen molar-refractivity contribution in [3.63, 3.8) is 0 Å². The molecular weight excluding hydrogens is 310 g/mol. The highest BCUT2D eigenvalue weighted by Gasteiger charge is 2.57. The molecule has 1 fully saturated rings. The van der Waals surface area contributed by atoms with Gasteiger partial charge in [-0.2, -0.15) is 0 Å². The van der Waals surface area contributed by atoms with Gasteiger partial charge in [0, 0.05) is 16.5 Å². The van der Waals surface area contributed by atoms with Crippen molar-refractivity contribution in [2.24, 2.45) is 16.7 Å². The Kier molecular flexibility index (Phi) is 3.13. The van der Waals surface area contributed by atoms with Crippen molar-refractivity contribution in [1.82, 2.24) is 10.4 Å². The number of hydrazine groups is 1. The first-order valence-electron chi connectivity index (χ1n) is 7.74. The number of nitrogens with one attached hydrogen (secondary N) is 2. The number of nitrogens with zero attached hydrogens (tertiary/aromatic N) is 1. The first kappa shape index (κ1) is 14.3. The zero-order chi connectivity index (χ0) is 15.4. The molecule has 2 bridgehead atoms. The van der Waals surface area contributed by atoms with E-state index < -0.39 is 0 Å². The van der Waals surface area contributed by atoms with E-state index in [0.717, 1.165) is 10.8 Å². The molecule has 0 saturated heterocycles. The summed E-state index contributed by atoms with van der Waals surface area (Å²) < 4.78 is 0. The van der Waals surface area contributed by atoms with Gasteiger partial charge in [0.05, 0.1) is 10.6 Å². The normalized spacial score (nSPS) is 28.7. The van der Waals surface area contributed by atoms with E-state index in [1.807, 2.05) is 0 Å². The summed E-state index contributed by atoms with van der Waals surface area (Å²) in [6.07, 6.45) is 5.00. The number of rotatable bonds is 4. The van der Waals surface area contributed by atoms with E-state index in [2.05, 4.69) is 65.6 Å². The summed E-state index contributed by atoms with van der Waals surface area (Å²) in [5.74, 6) is 0.694. The molecule has 2 aliphatic carbocycles. The smallest absolute Gasteiger partial charge is 0.202 e. The van der Waals surface area contributed by atoms with Crippen LogP contribution in [0.2, 0.25) is 0 Å². The minimum atomic E-state index is 0.249. The molecule has 2 aliphatic rings. The molecular formula is C17H21N3S2. The van der Waals surface area contributed by atoms with E-state index in [4.69, 9.17) is 0 Å². The molecule has 4 rings (SSSR count). The van der Waals surface area contributed by atoms with Crippen molar-refractivity contribution in [3.8, 4) is 10.6 Å². The van der Waals surface area contributed by atoms with Crippen molar-refractivity contribution in [3.05, 3.63) is 34.7 Å². The molecule has 5 heteroatoms. The third-order valence-electron chi connectivity index (χ3n) is 5.85. The molecule has 0 spiro atoms. The Labute approximate surface area is 139 Å². The summed E-state index contributed by atoms with van der Waals surface area (Å²) >= 11 is 3.37. The highest BCUT2D eigenvalue weighted by Crippen LogP contribution is 2.64. The molecule has 2 N–H and O–H groups in total. The average Bonchev–Trinajstić information content (AvgIpc) is 3.22. The molecule has 0 aromatic carbocycles. The third-order valence-corrected chi connectivity index (χ3v) is 7.50. The summed E-state index contributed by atoms with van der Waals surface area (Å²) in [5.41, 5.74) is 9.74. The second-order valence-electron chi connectivity index (χ2n) is 7.04. The lowest BCUT2D eigenvalue weighted by Crippen LogP contribution is -2.37. The minimum absolute atomic E-state index is 0.249. The Bertz CT molecular complexity index is 714. The van der Waals surface area contributed by atoms with Crippen molar-refractivity contribution in [2.45, 2.75) is 33.6 Å². The lowest BCUT2D eigenvalue weighted by Gasteiger charge is -2.37. The SMILES string of the molecule is CC12CCC(C=C1NNc1nc(-c3cccs3)cs1)C2(C)C. The fourth-order valence-corrected chi connectivity index (χ4v) is 5.29. The van der Waals surface area contributed by atoms with Crippen molar-refractivity contribution < 1.29 is 0 Å². The summed E-state index contributed by atoms with van der Waals surface area (Å²) in [5, 5.41) is 5.12. The van der Waals surface area contributed by atoms with Crippen LogP contribution >= 0.6 is 22.7 Å². The van der Waals surface area contributed by atoms with Gasteiger partial charge in [-0.15, -0.1) is 22.7 Å². The molecule has 2 unspecified atom stereocenters. The molecule has 2 aromatic rings. The maximum Gasteiger partial charge on any atom is 0.202 e. The van der Waals surface area contributed by atoms with E-state index in [9.17, 15) is 0 Å². The van der Waals surface area contributed by atoms with E-state index in [-0.39, 0.29) is 5.41 Å². The monoisotopic (exact) mass is 331 g/mol. The van der Waals surface area contributed by atoms with Crippen molar-refractivity contribution >= 4 is 27.8 Å². The quantitative estimate of drug-likeness (QED) is 0.763. The highest BCUT2D eigenvalue weighted by atomic mass is 32.1. The largest absolute Gasteiger partial charge is 0.303 e. The fourth-order valence-electron chi connectivity index (χ4n) is 3.86. The van der Waals surface area contributed by atoms with Crippen LogP contribution < -0.4 is 10.9 Å². The average molecular weight is 332 g/mol. The maximum absolute atomic E-state index is 4.66. The Balaban J connectivity index is 1.47. The summed E-state index contributed by atoms with van der Waals surface area (Å²) in [6, 6.07) is 4.17. The number of thiazole rings is 1. The van der Waals surface area contributed by atoms with Crippen LogP contribution in [-0.2, 0) is 0 Å². The fraction of sp³-hybridized carbons (Fsp3) is 0.471. The van der Waals surface area contributed by atoms with Crippen LogP contribution in [0.25, 0.3) is 10.6 Å². The molecule has 0 amide bonds. The molecule has 1 saturated carbocycles. The summed E-state index contributed by atoms with van der Waals surface area (Å²) in [4.78, 5) is 5.88. The van der Waals surface area contributed by atoms with Gasteiger partial charge in [-0.3, -0.25) is 5.43 Å². The number of hydrogen-bond acceptors (Lipinski definition) is 5. The van der Waals surface area contributed by atoms with Gasteiger partial charge in [0.25, 0.3) is 0 Å². The first-order valence-corrected chi connectivity index (χ1v) is 9.50. The number of thiophene rings is 1. The van der Waals surface area contributed by atoms with E-state index >= 15 is 0 Å². The summed E-state index contributed by atoms with van der Waals surface area (Å²) in [7, 11) is 0. The van der Waals surface area contributed by atoms with Crippen LogP contribution in [0.5, 0.6) is 0 Å². The van der Waals surface area contributed by atoms with Gasteiger partial charge >= 0.3 is 0 Å². The van der Waals surface area contributed by atoms with Gasteiger partial charge in [0.2, 0.25) is 5.13 Å². The second kappa shape index (κ2) is 4.83. The standard InChI is InChI=1S/C17H21N3S2/c1-16(2)11-6-7-17(16,3)14(9-11)19-20-15-18-12(10-22-15)13-5-4-8-21-13/h4-5,8-11,19H,6-7H2,1-3H3,(H,18,20). The summed E-state index contributed by atoms with van der Waals surface area (Å²) in [6.45, 7) is 7.18. The Hall–Kier alpha value is -1.33. The van der Waals surface area contributed by atoms with E-state index in [1.165, 1.54) is 23.4 Å². The van der Waals surface area contributed by atoms with Gasteiger partial charge in [-0.1, -0.05) is 32.9 Å². The second-order valence-corrected chi connectivity index (χ2v) is 8.85. The lowest BCUT2D eigenvalue weighted by atomic mass is 9.69. The lowest BCUT2D eigenvalue weighted by molar-refractivity contribution is 0.165. The van der Waals surface area contributed by atoms with Crippen LogP contribution in [-0.4, -0.2) is 4.98 Å². The van der Waals surface area contributed by atoms with E-state index in [0.29, 0.717) is 11.3 Å². The van der Waals surface area contributed by atoms with Crippen LogP contribution in [0.15, 0.2) is 34.7 Å². The van der Waals surface area contributed by atoms with Crippen LogP contribution in [0.3, 0.4) is 0 Å². The van der Waals surface area contributed by atoms with Gasteiger partial charge in [-0.05, 0) is 35.6 Å². The Morgan fingerprint density at radius 1 is 1.23 bits per heavy atom. The third kappa shape index (κ3) is 1.95. The highest BCUT2D eigenvalue weighted by molar-refractivity contribution is 7.15. The maximum atomic E-state index is 4.66.